The quantitative estimate of drug-likeness (QED) is 0.0576. The molecule has 34 heavy (non-hydrogen) atoms. The minimum absolute atomic E-state index is 0.0290. The van der Waals surface area contributed by atoms with Crippen molar-refractivity contribution < 1.29 is 52.2 Å². The fourth-order valence-corrected chi connectivity index (χ4v) is 3.81. The average Bonchev–Trinajstić information content (AvgIpc) is 3.17. The minimum atomic E-state index is -5.50. The molecule has 2 rings (SSSR count). The summed E-state index contributed by atoms with van der Waals surface area (Å²) in [5, 5.41) is 14.8. The number of hydrogen-bond donors (Lipinski definition) is 0. The standard InChI is InChI=1S/C15H21N5O12P2/c16-18-17-6-1-2-14(21)19-7-5-11-13(4-3-12(15(11)19)20(22)23)32-10(8-30-33(24,25)26)9-31-34(27,28)29/h3-4,10H,1-2,5-9H2,(H2,24,25,26)(H2,27,28,29)/p-4. The Hall–Kier alpha value is -2.58. The van der Waals surface area contributed by atoms with Gasteiger partial charge in [0, 0.05) is 36.1 Å². The first-order valence-corrected chi connectivity index (χ1v) is 12.4. The van der Waals surface area contributed by atoms with Crippen LogP contribution >= 0.6 is 15.6 Å². The molecule has 0 atom stereocenters. The van der Waals surface area contributed by atoms with Gasteiger partial charge in [-0.1, -0.05) is 5.11 Å². The molecule has 0 saturated heterocycles. The van der Waals surface area contributed by atoms with Crippen LogP contribution in [0.1, 0.15) is 18.4 Å². The first-order chi connectivity index (χ1) is 15.8. The van der Waals surface area contributed by atoms with Crippen molar-refractivity contribution in [1.29, 1.82) is 0 Å². The van der Waals surface area contributed by atoms with E-state index in [1.807, 2.05) is 0 Å². The zero-order valence-electron chi connectivity index (χ0n) is 17.2. The highest BCUT2D eigenvalue weighted by Crippen LogP contribution is 2.43. The summed E-state index contributed by atoms with van der Waals surface area (Å²) in [7, 11) is -11.0. The van der Waals surface area contributed by atoms with Crippen molar-refractivity contribution in [1.82, 2.24) is 0 Å². The molecule has 0 bridgehead atoms. The van der Waals surface area contributed by atoms with E-state index in [0.29, 0.717) is 0 Å². The molecular formula is C15H17N5O12P2-4. The van der Waals surface area contributed by atoms with Gasteiger partial charge in [-0.2, -0.15) is 0 Å². The third kappa shape index (κ3) is 8.33. The highest BCUT2D eigenvalue weighted by molar-refractivity contribution is 7.43. The molecule has 0 radical (unpaired) electrons. The number of rotatable bonds is 13. The van der Waals surface area contributed by atoms with Gasteiger partial charge in [0.25, 0.3) is 5.69 Å². The lowest BCUT2D eigenvalue weighted by atomic mass is 10.1. The van der Waals surface area contributed by atoms with E-state index in [1.165, 1.54) is 0 Å². The summed E-state index contributed by atoms with van der Waals surface area (Å²) in [6.45, 7) is -1.96. The Morgan fingerprint density at radius 3 is 2.35 bits per heavy atom. The fourth-order valence-electron chi connectivity index (χ4n) is 3.12. The number of azide groups is 1. The molecule has 0 saturated carbocycles. The van der Waals surface area contributed by atoms with Crippen molar-refractivity contribution in [3.05, 3.63) is 38.3 Å². The van der Waals surface area contributed by atoms with E-state index in [4.69, 9.17) is 10.3 Å². The molecule has 0 aromatic heterocycles. The molecule has 1 aromatic carbocycles. The van der Waals surface area contributed by atoms with Crippen LogP contribution in [0.15, 0.2) is 17.2 Å². The second kappa shape index (κ2) is 11.7. The van der Waals surface area contributed by atoms with E-state index in [0.717, 1.165) is 17.0 Å². The number of nitro groups is 1. The van der Waals surface area contributed by atoms with Gasteiger partial charge in [0.15, 0.2) is 0 Å². The molecule has 0 unspecified atom stereocenters. The average molecular weight is 521 g/mol. The van der Waals surface area contributed by atoms with E-state index < -0.39 is 51.5 Å². The molecule has 1 aliphatic heterocycles. The van der Waals surface area contributed by atoms with Crippen molar-refractivity contribution >= 4 is 32.9 Å². The summed E-state index contributed by atoms with van der Waals surface area (Å²) in [4.78, 5) is 70.2. The van der Waals surface area contributed by atoms with Crippen molar-refractivity contribution in [3.63, 3.8) is 0 Å². The molecule has 1 heterocycles. The third-order valence-electron chi connectivity index (χ3n) is 4.41. The van der Waals surface area contributed by atoms with E-state index in [2.05, 4.69) is 19.1 Å². The number of carbonyl (C=O) groups is 1. The number of phosphoric acid groups is 2. The Labute approximate surface area is 191 Å². The normalized spacial score (nSPS) is 13.5. The van der Waals surface area contributed by atoms with Crippen LogP contribution in [-0.2, 0) is 29.4 Å². The third-order valence-corrected chi connectivity index (χ3v) is 5.34. The van der Waals surface area contributed by atoms with Gasteiger partial charge in [-0.3, -0.25) is 14.9 Å². The van der Waals surface area contributed by atoms with Crippen LogP contribution in [0.2, 0.25) is 0 Å². The molecule has 0 fully saturated rings. The molecule has 1 aromatic rings. The lowest BCUT2D eigenvalue weighted by molar-refractivity contribution is -0.384. The van der Waals surface area contributed by atoms with Gasteiger partial charge < -0.3 is 47.4 Å². The summed E-state index contributed by atoms with van der Waals surface area (Å²) < 4.78 is 35.1. The lowest BCUT2D eigenvalue weighted by Crippen LogP contribution is -2.32. The molecule has 1 amide bonds. The summed E-state index contributed by atoms with van der Waals surface area (Å²) in [6.07, 6.45) is -1.39. The molecule has 17 nitrogen and oxygen atoms in total. The topological polar surface area (TPSA) is 266 Å². The number of ether oxygens (including phenoxy) is 1. The molecule has 0 spiro atoms. The number of hydrogen-bond acceptors (Lipinski definition) is 13. The van der Waals surface area contributed by atoms with E-state index in [-0.39, 0.29) is 49.4 Å². The first-order valence-electron chi connectivity index (χ1n) is 9.43. The number of anilines is 1. The monoisotopic (exact) mass is 521 g/mol. The summed E-state index contributed by atoms with van der Waals surface area (Å²) in [5.41, 5.74) is 7.94. The number of fused-ring (bicyclic) bond motifs is 1. The molecule has 1 aliphatic rings. The van der Waals surface area contributed by atoms with Gasteiger partial charge in [0.2, 0.25) is 5.91 Å². The maximum absolute atomic E-state index is 12.6. The Morgan fingerprint density at radius 1 is 1.21 bits per heavy atom. The van der Waals surface area contributed by atoms with Crippen LogP contribution in [0.5, 0.6) is 5.75 Å². The van der Waals surface area contributed by atoms with Crippen molar-refractivity contribution in [2.24, 2.45) is 5.11 Å². The second-order valence-electron chi connectivity index (χ2n) is 6.75. The summed E-state index contributed by atoms with van der Waals surface area (Å²) in [5.74, 6) is -0.604. The van der Waals surface area contributed by atoms with Crippen molar-refractivity contribution in [2.45, 2.75) is 25.4 Å². The van der Waals surface area contributed by atoms with Crippen molar-refractivity contribution in [2.75, 3.05) is 31.2 Å². The molecule has 188 valence electrons. The Kier molecular flexibility index (Phi) is 9.53. The zero-order valence-corrected chi connectivity index (χ0v) is 19.0. The molecule has 0 N–H and O–H groups in total. The molecule has 19 heteroatoms. The van der Waals surface area contributed by atoms with Crippen LogP contribution in [-0.4, -0.2) is 43.2 Å². The van der Waals surface area contributed by atoms with E-state index >= 15 is 0 Å². The largest absolute Gasteiger partial charge is 0.790 e. The smallest absolute Gasteiger partial charge is 0.293 e. The van der Waals surface area contributed by atoms with Gasteiger partial charge in [0.05, 0.1) is 33.8 Å². The summed E-state index contributed by atoms with van der Waals surface area (Å²) >= 11 is 0. The van der Waals surface area contributed by atoms with Crippen LogP contribution in [0.25, 0.3) is 10.4 Å². The van der Waals surface area contributed by atoms with Crippen LogP contribution in [0.3, 0.4) is 0 Å². The fraction of sp³-hybridized carbons (Fsp3) is 0.533. The Balaban J connectivity index is 2.32. The number of benzene rings is 1. The second-order valence-corrected chi connectivity index (χ2v) is 9.05. The molecular weight excluding hydrogens is 504 g/mol. The maximum Gasteiger partial charge on any atom is 0.293 e. The SMILES string of the molecule is [N-]=[N+]=NCCCC(=O)N1CCc2c(OC(COP(=O)([O-])[O-])COP(=O)([O-])[O-])ccc([N+](=O)[O-])c21. The Bertz CT molecular complexity index is 1040. The van der Waals surface area contributed by atoms with Gasteiger partial charge in [-0.25, -0.2) is 0 Å². The predicted octanol–water partition coefficient (Wildman–Crippen LogP) is -0.988. The number of amides is 1. The maximum atomic E-state index is 12.6. The van der Waals surface area contributed by atoms with Gasteiger partial charge in [-0.15, -0.1) is 0 Å². The van der Waals surface area contributed by atoms with Crippen LogP contribution in [0.4, 0.5) is 11.4 Å². The molecule has 0 aliphatic carbocycles. The van der Waals surface area contributed by atoms with E-state index in [1.54, 1.807) is 0 Å². The van der Waals surface area contributed by atoms with Gasteiger partial charge >= 0.3 is 0 Å². The van der Waals surface area contributed by atoms with Gasteiger partial charge in [-0.05, 0) is 24.4 Å². The Morgan fingerprint density at radius 2 is 1.82 bits per heavy atom. The van der Waals surface area contributed by atoms with Crippen LogP contribution in [0, 0.1) is 10.1 Å². The number of nitro benzene ring substituents is 1. The number of nitrogens with zero attached hydrogens (tertiary/aromatic N) is 5. The van der Waals surface area contributed by atoms with Crippen LogP contribution < -0.4 is 29.2 Å². The predicted molar refractivity (Wildman–Crippen MR) is 104 cm³/mol. The number of carbonyl (C=O) groups excluding carboxylic acids is 1. The first kappa shape index (κ1) is 27.7. The summed E-state index contributed by atoms with van der Waals surface area (Å²) in [6, 6.07) is 2.14. The highest BCUT2D eigenvalue weighted by Gasteiger charge is 2.35. The number of phosphoric ester groups is 2. The van der Waals surface area contributed by atoms with Crippen molar-refractivity contribution in [3.8, 4) is 5.75 Å². The van der Waals surface area contributed by atoms with E-state index in [9.17, 15) is 43.6 Å². The minimum Gasteiger partial charge on any atom is -0.790 e. The highest BCUT2D eigenvalue weighted by atomic mass is 31.2. The lowest BCUT2D eigenvalue weighted by Gasteiger charge is -2.33. The van der Waals surface area contributed by atoms with Gasteiger partial charge in [0.1, 0.15) is 17.5 Å². The zero-order chi connectivity index (χ0) is 25.5.